The number of fused-ring (bicyclic) bond motifs is 1. The number of terminal acetylenes is 1. The van der Waals surface area contributed by atoms with Crippen LogP contribution in [0.1, 0.15) is 18.6 Å². The van der Waals surface area contributed by atoms with Gasteiger partial charge in [0.25, 0.3) is 0 Å². The van der Waals surface area contributed by atoms with Gasteiger partial charge in [-0.25, -0.2) is 0 Å². The second kappa shape index (κ2) is 4.82. The second-order valence-corrected chi connectivity index (χ2v) is 4.89. The molecule has 1 aromatic rings. The molecule has 1 heterocycles. The Morgan fingerprint density at radius 1 is 1.65 bits per heavy atom. The molecule has 0 fully saturated rings. The number of aliphatic hydroxyl groups is 1. The van der Waals surface area contributed by atoms with Crippen LogP contribution in [-0.4, -0.2) is 23.3 Å². The number of anilines is 1. The van der Waals surface area contributed by atoms with Gasteiger partial charge in [0, 0.05) is 4.90 Å². The van der Waals surface area contributed by atoms with Crippen molar-refractivity contribution >= 4 is 23.4 Å². The zero-order valence-electron chi connectivity index (χ0n) is 9.51. The highest BCUT2D eigenvalue weighted by atomic mass is 32.2. The van der Waals surface area contributed by atoms with Gasteiger partial charge in [-0.1, -0.05) is 12.0 Å². The van der Waals surface area contributed by atoms with Crippen molar-refractivity contribution < 1.29 is 9.90 Å². The van der Waals surface area contributed by atoms with Crippen molar-refractivity contribution in [1.82, 2.24) is 0 Å². The number of carbonyl (C=O) groups is 1. The third kappa shape index (κ3) is 2.31. The Morgan fingerprint density at radius 3 is 3.06 bits per heavy atom. The number of thioether (sulfide) groups is 1. The number of hydrogen-bond donors (Lipinski definition) is 1. The summed E-state index contributed by atoms with van der Waals surface area (Å²) in [4.78, 5) is 14.3. The quantitative estimate of drug-likeness (QED) is 0.810. The van der Waals surface area contributed by atoms with E-state index in [-0.39, 0.29) is 5.91 Å². The number of benzene rings is 1. The average molecular weight is 247 g/mol. The summed E-state index contributed by atoms with van der Waals surface area (Å²) in [6.07, 6.45) is 4.77. The minimum Gasteiger partial charge on any atom is -0.389 e. The standard InChI is InChI=1S/C13H13NO2S/c1-3-6-14-11-5-4-10(9(2)15)7-12(11)17-8-13(14)16/h1,4-5,7,9,15H,6,8H2,2H3. The molecule has 0 aliphatic carbocycles. The Hall–Kier alpha value is -1.44. The van der Waals surface area contributed by atoms with Gasteiger partial charge >= 0.3 is 0 Å². The molecule has 3 nitrogen and oxygen atoms in total. The summed E-state index contributed by atoms with van der Waals surface area (Å²) in [5.41, 5.74) is 1.69. The summed E-state index contributed by atoms with van der Waals surface area (Å²) in [5.74, 6) is 2.93. The van der Waals surface area contributed by atoms with Gasteiger partial charge in [-0.05, 0) is 24.6 Å². The molecule has 1 aliphatic rings. The van der Waals surface area contributed by atoms with Gasteiger partial charge in [0.1, 0.15) is 0 Å². The van der Waals surface area contributed by atoms with Gasteiger partial charge < -0.3 is 5.11 Å². The third-order valence-electron chi connectivity index (χ3n) is 2.66. The summed E-state index contributed by atoms with van der Waals surface area (Å²) in [7, 11) is 0. The maximum absolute atomic E-state index is 11.7. The van der Waals surface area contributed by atoms with Crippen molar-refractivity contribution in [3.8, 4) is 12.3 Å². The molecular formula is C13H13NO2S. The predicted octanol–water partition coefficient (Wildman–Crippen LogP) is 1.81. The zero-order chi connectivity index (χ0) is 12.4. The highest BCUT2D eigenvalue weighted by Gasteiger charge is 2.24. The van der Waals surface area contributed by atoms with Crippen LogP contribution in [0.15, 0.2) is 23.1 Å². The van der Waals surface area contributed by atoms with Crippen LogP contribution in [0.5, 0.6) is 0 Å². The SMILES string of the molecule is C#CCN1C(=O)CSc2cc(C(C)O)ccc21. The molecule has 88 valence electrons. The van der Waals surface area contributed by atoms with Gasteiger partial charge in [0.05, 0.1) is 24.1 Å². The molecule has 0 spiro atoms. The molecule has 0 saturated heterocycles. The Morgan fingerprint density at radius 2 is 2.41 bits per heavy atom. The lowest BCUT2D eigenvalue weighted by Crippen LogP contribution is -2.35. The number of hydrogen-bond acceptors (Lipinski definition) is 3. The summed E-state index contributed by atoms with van der Waals surface area (Å²) in [6.45, 7) is 2.01. The van der Waals surface area contributed by atoms with Crippen LogP contribution in [0.25, 0.3) is 0 Å². The molecule has 1 aromatic carbocycles. The second-order valence-electron chi connectivity index (χ2n) is 3.88. The van der Waals surface area contributed by atoms with E-state index in [4.69, 9.17) is 6.42 Å². The maximum Gasteiger partial charge on any atom is 0.238 e. The predicted molar refractivity (Wildman–Crippen MR) is 69.0 cm³/mol. The van der Waals surface area contributed by atoms with Crippen molar-refractivity contribution in [2.45, 2.75) is 17.9 Å². The summed E-state index contributed by atoms with van der Waals surface area (Å²) < 4.78 is 0. The normalized spacial score (nSPS) is 16.3. The molecule has 1 aliphatic heterocycles. The Balaban J connectivity index is 2.41. The van der Waals surface area contributed by atoms with Gasteiger partial charge in [-0.3, -0.25) is 9.69 Å². The van der Waals surface area contributed by atoms with E-state index in [1.807, 2.05) is 18.2 Å². The summed E-state index contributed by atoms with van der Waals surface area (Å²) in [6, 6.07) is 5.59. The van der Waals surface area contributed by atoms with Crippen LogP contribution < -0.4 is 4.90 Å². The lowest BCUT2D eigenvalue weighted by Gasteiger charge is -2.27. The van der Waals surface area contributed by atoms with Crippen LogP contribution in [0.4, 0.5) is 5.69 Å². The fraction of sp³-hybridized carbons (Fsp3) is 0.308. The molecule has 1 atom stereocenters. The molecule has 0 bridgehead atoms. The van der Waals surface area contributed by atoms with Crippen molar-refractivity contribution in [1.29, 1.82) is 0 Å². The van der Waals surface area contributed by atoms with Crippen LogP contribution >= 0.6 is 11.8 Å². The number of aliphatic hydroxyl groups excluding tert-OH is 1. The molecule has 1 amide bonds. The lowest BCUT2D eigenvalue weighted by molar-refractivity contribution is -0.116. The Kier molecular flexibility index (Phi) is 3.41. The third-order valence-corrected chi connectivity index (χ3v) is 3.69. The minimum atomic E-state index is -0.500. The van der Waals surface area contributed by atoms with Crippen LogP contribution in [0.2, 0.25) is 0 Å². The van der Waals surface area contributed by atoms with E-state index in [9.17, 15) is 9.90 Å². The summed E-state index contributed by atoms with van der Waals surface area (Å²) >= 11 is 1.49. The van der Waals surface area contributed by atoms with E-state index in [2.05, 4.69) is 5.92 Å². The van der Waals surface area contributed by atoms with E-state index in [1.165, 1.54) is 11.8 Å². The van der Waals surface area contributed by atoms with Crippen molar-refractivity contribution in [2.75, 3.05) is 17.2 Å². The summed E-state index contributed by atoms with van der Waals surface area (Å²) in [5, 5.41) is 9.52. The van der Waals surface area contributed by atoms with E-state index in [1.54, 1.807) is 11.8 Å². The number of rotatable bonds is 2. The maximum atomic E-state index is 11.7. The lowest BCUT2D eigenvalue weighted by atomic mass is 10.1. The topological polar surface area (TPSA) is 40.5 Å². The molecule has 0 saturated carbocycles. The van der Waals surface area contributed by atoms with Gasteiger partial charge in [0.15, 0.2) is 0 Å². The largest absolute Gasteiger partial charge is 0.389 e. The molecule has 0 radical (unpaired) electrons. The molecular weight excluding hydrogens is 234 g/mol. The van der Waals surface area contributed by atoms with Crippen molar-refractivity contribution in [2.24, 2.45) is 0 Å². The minimum absolute atomic E-state index is 0.0326. The van der Waals surface area contributed by atoms with E-state index >= 15 is 0 Å². The Bertz CT molecular complexity index is 491. The van der Waals surface area contributed by atoms with Crippen LogP contribution in [0.3, 0.4) is 0 Å². The molecule has 1 unspecified atom stereocenters. The van der Waals surface area contributed by atoms with Gasteiger partial charge in [0.2, 0.25) is 5.91 Å². The number of nitrogens with zero attached hydrogens (tertiary/aromatic N) is 1. The Labute approximate surface area is 105 Å². The fourth-order valence-electron chi connectivity index (χ4n) is 1.75. The first-order chi connectivity index (χ1) is 8.13. The van der Waals surface area contributed by atoms with E-state index < -0.39 is 6.10 Å². The zero-order valence-corrected chi connectivity index (χ0v) is 10.3. The first-order valence-electron chi connectivity index (χ1n) is 5.32. The van der Waals surface area contributed by atoms with Crippen molar-refractivity contribution in [3.63, 3.8) is 0 Å². The highest BCUT2D eigenvalue weighted by Crippen LogP contribution is 2.36. The molecule has 17 heavy (non-hydrogen) atoms. The van der Waals surface area contributed by atoms with Crippen LogP contribution in [0, 0.1) is 12.3 Å². The van der Waals surface area contributed by atoms with Crippen LogP contribution in [-0.2, 0) is 4.79 Å². The monoisotopic (exact) mass is 247 g/mol. The van der Waals surface area contributed by atoms with Crippen molar-refractivity contribution in [3.05, 3.63) is 23.8 Å². The number of carbonyl (C=O) groups excluding carboxylic acids is 1. The molecule has 0 aromatic heterocycles. The average Bonchev–Trinajstić information content (AvgIpc) is 2.32. The molecule has 4 heteroatoms. The fourth-order valence-corrected chi connectivity index (χ4v) is 2.73. The molecule has 2 rings (SSSR count). The first-order valence-corrected chi connectivity index (χ1v) is 6.30. The van der Waals surface area contributed by atoms with Gasteiger partial charge in [-0.2, -0.15) is 0 Å². The van der Waals surface area contributed by atoms with E-state index in [0.717, 1.165) is 16.1 Å². The first kappa shape index (κ1) is 12.0. The highest BCUT2D eigenvalue weighted by molar-refractivity contribution is 8.00. The van der Waals surface area contributed by atoms with E-state index in [0.29, 0.717) is 12.3 Å². The van der Waals surface area contributed by atoms with Gasteiger partial charge in [-0.15, -0.1) is 18.2 Å². The number of amides is 1. The molecule has 1 N–H and O–H groups in total. The smallest absolute Gasteiger partial charge is 0.238 e.